The first-order valence-corrected chi connectivity index (χ1v) is 6.54. The maximum atomic E-state index is 12.0. The van der Waals surface area contributed by atoms with Crippen LogP contribution in [0.2, 0.25) is 5.28 Å². The number of allylic oxidation sites excluding steroid dienone is 1. The van der Waals surface area contributed by atoms with E-state index in [-0.39, 0.29) is 23.2 Å². The highest BCUT2D eigenvalue weighted by Gasteiger charge is 2.16. The number of rotatable bonds is 7. The number of H-pyrrole nitrogens is 1. The molecule has 21 heavy (non-hydrogen) atoms. The molecule has 0 aliphatic carbocycles. The summed E-state index contributed by atoms with van der Waals surface area (Å²) in [7, 11) is 1.55. The number of aromatic amines is 1. The largest absolute Gasteiger partial charge is 0.382 e. The van der Waals surface area contributed by atoms with Crippen LogP contribution in [0.25, 0.3) is 11.2 Å². The zero-order valence-corrected chi connectivity index (χ0v) is 12.2. The van der Waals surface area contributed by atoms with Gasteiger partial charge < -0.3 is 14.0 Å². The Hall–Kier alpha value is -1.90. The number of fused-ring (bicyclic) bond motifs is 1. The van der Waals surface area contributed by atoms with Crippen LogP contribution in [0.1, 0.15) is 0 Å². The molecule has 114 valence electrons. The second kappa shape index (κ2) is 6.70. The van der Waals surface area contributed by atoms with Crippen LogP contribution in [0.4, 0.5) is 0 Å². The van der Waals surface area contributed by atoms with E-state index in [1.54, 1.807) is 13.2 Å². The molecule has 0 saturated carbocycles. The van der Waals surface area contributed by atoms with Gasteiger partial charge in [-0.3, -0.25) is 14.3 Å². The van der Waals surface area contributed by atoms with Gasteiger partial charge in [0.1, 0.15) is 6.73 Å². The molecule has 0 amide bonds. The van der Waals surface area contributed by atoms with Gasteiger partial charge in [0.15, 0.2) is 11.2 Å². The van der Waals surface area contributed by atoms with Crippen molar-refractivity contribution in [1.82, 2.24) is 19.1 Å². The average Bonchev–Trinajstić information content (AvgIpc) is 2.76. The maximum absolute atomic E-state index is 12.0. The van der Waals surface area contributed by atoms with E-state index < -0.39 is 11.2 Å². The maximum Gasteiger partial charge on any atom is 0.332 e. The highest BCUT2D eigenvalue weighted by Crippen LogP contribution is 2.15. The van der Waals surface area contributed by atoms with Crippen LogP contribution in [0.5, 0.6) is 0 Å². The Morgan fingerprint density at radius 2 is 2.14 bits per heavy atom. The van der Waals surface area contributed by atoms with Crippen molar-refractivity contribution < 1.29 is 9.47 Å². The summed E-state index contributed by atoms with van der Waals surface area (Å²) in [5.41, 5.74) is -0.780. The zero-order chi connectivity index (χ0) is 15.4. The Bertz CT molecular complexity index is 761. The van der Waals surface area contributed by atoms with Gasteiger partial charge in [-0.05, 0) is 11.6 Å². The molecule has 0 radical (unpaired) electrons. The van der Waals surface area contributed by atoms with Crippen LogP contribution < -0.4 is 11.2 Å². The van der Waals surface area contributed by atoms with E-state index in [4.69, 9.17) is 21.1 Å². The predicted octanol–water partition coefficient (Wildman–Crippen LogP) is 0.346. The van der Waals surface area contributed by atoms with Gasteiger partial charge in [-0.25, -0.2) is 4.79 Å². The topological polar surface area (TPSA) is 91.1 Å². The quantitative estimate of drug-likeness (QED) is 0.452. The minimum absolute atomic E-state index is 0.0586. The summed E-state index contributed by atoms with van der Waals surface area (Å²) in [4.78, 5) is 30.1. The van der Waals surface area contributed by atoms with Gasteiger partial charge >= 0.3 is 5.69 Å². The third-order valence-corrected chi connectivity index (χ3v) is 3.09. The van der Waals surface area contributed by atoms with E-state index in [1.165, 1.54) is 9.13 Å². The molecule has 0 saturated heterocycles. The molecule has 0 unspecified atom stereocenters. The highest BCUT2D eigenvalue weighted by molar-refractivity contribution is 6.29. The standard InChI is InChI=1S/C12H15ClN4O4/c1-3-4-16-8-9(14-11(16)13)17(7-21-6-5-20-2)12(19)15-10(8)18/h3H,1,4-7H2,2H3,(H,15,18,19). The Morgan fingerprint density at radius 1 is 1.38 bits per heavy atom. The van der Waals surface area contributed by atoms with E-state index in [9.17, 15) is 9.59 Å². The van der Waals surface area contributed by atoms with Crippen LogP contribution >= 0.6 is 11.6 Å². The molecule has 2 rings (SSSR count). The van der Waals surface area contributed by atoms with Gasteiger partial charge in [0, 0.05) is 13.7 Å². The second-order valence-electron chi connectivity index (χ2n) is 4.17. The minimum Gasteiger partial charge on any atom is -0.382 e. The van der Waals surface area contributed by atoms with Crippen molar-refractivity contribution in [3.8, 4) is 0 Å². The average molecular weight is 315 g/mol. The number of hydrogen-bond donors (Lipinski definition) is 1. The first kappa shape index (κ1) is 15.5. The third-order valence-electron chi connectivity index (χ3n) is 2.80. The van der Waals surface area contributed by atoms with Crippen molar-refractivity contribution in [2.45, 2.75) is 13.3 Å². The normalized spacial score (nSPS) is 11.1. The molecule has 0 atom stereocenters. The van der Waals surface area contributed by atoms with E-state index in [0.29, 0.717) is 19.8 Å². The van der Waals surface area contributed by atoms with Crippen molar-refractivity contribution in [3.05, 3.63) is 38.8 Å². The third kappa shape index (κ3) is 3.07. The van der Waals surface area contributed by atoms with Crippen LogP contribution in [0, 0.1) is 0 Å². The summed E-state index contributed by atoms with van der Waals surface area (Å²) in [5, 5.41) is 0.103. The van der Waals surface area contributed by atoms with Gasteiger partial charge in [0.25, 0.3) is 5.56 Å². The zero-order valence-electron chi connectivity index (χ0n) is 11.5. The summed E-state index contributed by atoms with van der Waals surface area (Å²) in [6.45, 7) is 4.55. The number of hydrogen-bond acceptors (Lipinski definition) is 5. The molecule has 9 heteroatoms. The molecule has 2 aromatic rings. The molecule has 0 aliphatic rings. The smallest absolute Gasteiger partial charge is 0.332 e. The number of halogens is 1. The van der Waals surface area contributed by atoms with Crippen LogP contribution in [-0.4, -0.2) is 39.4 Å². The fourth-order valence-corrected chi connectivity index (χ4v) is 2.09. The molecule has 0 aliphatic heterocycles. The monoisotopic (exact) mass is 314 g/mol. The van der Waals surface area contributed by atoms with Gasteiger partial charge in [0.05, 0.1) is 13.2 Å². The van der Waals surface area contributed by atoms with E-state index in [0.717, 1.165) is 0 Å². The first-order chi connectivity index (χ1) is 10.1. The predicted molar refractivity (Wildman–Crippen MR) is 77.6 cm³/mol. The lowest BCUT2D eigenvalue weighted by Gasteiger charge is -2.07. The van der Waals surface area contributed by atoms with Crippen molar-refractivity contribution in [2.24, 2.45) is 0 Å². The number of nitrogens with one attached hydrogen (secondary N) is 1. The van der Waals surface area contributed by atoms with Gasteiger partial charge in [-0.2, -0.15) is 4.98 Å². The molecular formula is C12H15ClN4O4. The fourth-order valence-electron chi connectivity index (χ4n) is 1.86. The van der Waals surface area contributed by atoms with Gasteiger partial charge in [0.2, 0.25) is 5.28 Å². The van der Waals surface area contributed by atoms with Crippen molar-refractivity contribution >= 4 is 22.8 Å². The molecule has 0 bridgehead atoms. The van der Waals surface area contributed by atoms with Crippen molar-refractivity contribution in [3.63, 3.8) is 0 Å². The summed E-state index contributed by atoms with van der Waals surface area (Å²) < 4.78 is 12.8. The molecule has 0 fully saturated rings. The molecule has 0 aromatic carbocycles. The van der Waals surface area contributed by atoms with Gasteiger partial charge in [-0.1, -0.05) is 6.08 Å². The lowest BCUT2D eigenvalue weighted by Crippen LogP contribution is -2.32. The fraction of sp³-hybridized carbons (Fsp3) is 0.417. The Labute approximate surface area is 124 Å². The number of ether oxygens (including phenoxy) is 2. The van der Waals surface area contributed by atoms with Crippen LogP contribution in [0.3, 0.4) is 0 Å². The molecule has 1 N–H and O–H groups in total. The molecule has 8 nitrogen and oxygen atoms in total. The number of nitrogens with zero attached hydrogens (tertiary/aromatic N) is 3. The van der Waals surface area contributed by atoms with E-state index in [1.807, 2.05) is 0 Å². The van der Waals surface area contributed by atoms with E-state index >= 15 is 0 Å². The molecule has 2 aromatic heterocycles. The van der Waals surface area contributed by atoms with Crippen LogP contribution in [0.15, 0.2) is 22.2 Å². The van der Waals surface area contributed by atoms with Crippen LogP contribution in [-0.2, 0) is 22.7 Å². The Morgan fingerprint density at radius 3 is 2.81 bits per heavy atom. The summed E-state index contributed by atoms with van der Waals surface area (Å²) >= 11 is 6.00. The molecular weight excluding hydrogens is 300 g/mol. The Kier molecular flexibility index (Phi) is 4.94. The molecule has 2 heterocycles. The summed E-state index contributed by atoms with van der Waals surface area (Å²) in [6.07, 6.45) is 1.58. The minimum atomic E-state index is -0.607. The molecule has 0 spiro atoms. The SMILES string of the molecule is C=CCn1c(Cl)nc2c1c(=O)[nH]c(=O)n2COCCOC. The van der Waals surface area contributed by atoms with Crippen molar-refractivity contribution in [1.29, 1.82) is 0 Å². The first-order valence-electron chi connectivity index (χ1n) is 6.16. The number of aromatic nitrogens is 4. The summed E-state index contributed by atoms with van der Waals surface area (Å²) in [6, 6.07) is 0. The Balaban J connectivity index is 2.50. The van der Waals surface area contributed by atoms with Crippen molar-refractivity contribution in [2.75, 3.05) is 20.3 Å². The lowest BCUT2D eigenvalue weighted by molar-refractivity contribution is 0.0338. The number of imidazole rings is 1. The lowest BCUT2D eigenvalue weighted by atomic mass is 10.5. The van der Waals surface area contributed by atoms with Gasteiger partial charge in [-0.15, -0.1) is 6.58 Å². The van der Waals surface area contributed by atoms with E-state index in [2.05, 4.69) is 16.5 Å². The highest BCUT2D eigenvalue weighted by atomic mass is 35.5. The second-order valence-corrected chi connectivity index (χ2v) is 4.51. The number of methoxy groups -OCH3 is 1. The summed E-state index contributed by atoms with van der Waals surface area (Å²) in [5.74, 6) is 0.